The van der Waals surface area contributed by atoms with E-state index in [0.717, 1.165) is 11.5 Å². The number of likely N-dealkylation sites (N-methyl/N-ethyl adjacent to an activating group) is 1. The molecule has 1 aromatic rings. The molecule has 0 saturated carbocycles. The number of ether oxygens (including phenoxy) is 1. The normalized spacial score (nSPS) is 23.9. The molecule has 2 N–H and O–H groups in total. The Morgan fingerprint density at radius 1 is 1.59 bits per heavy atom. The molecule has 1 aromatic heterocycles. The van der Waals surface area contributed by atoms with Gasteiger partial charge in [-0.3, -0.25) is 4.79 Å². The monoisotopic (exact) mass is 239 g/mol. The highest BCUT2D eigenvalue weighted by Gasteiger charge is 2.32. The molecule has 1 fully saturated rings. The molecule has 6 heteroatoms. The van der Waals surface area contributed by atoms with E-state index in [4.69, 9.17) is 9.26 Å². The van der Waals surface area contributed by atoms with E-state index in [1.165, 1.54) is 0 Å². The molecule has 0 aromatic carbocycles. The molecule has 0 aliphatic carbocycles. The second-order valence-corrected chi connectivity index (χ2v) is 4.19. The Morgan fingerprint density at radius 3 is 3.06 bits per heavy atom. The molecular formula is C11H17N3O3. The third-order valence-corrected chi connectivity index (χ3v) is 2.91. The SMILES string of the molecule is CNC1COCC1C(=O)NCc1cc(C)on1. The number of nitrogens with zero attached hydrogens (tertiary/aromatic N) is 1. The Morgan fingerprint density at radius 2 is 2.41 bits per heavy atom. The third kappa shape index (κ3) is 2.83. The van der Waals surface area contributed by atoms with Crippen molar-refractivity contribution in [3.05, 3.63) is 17.5 Å². The molecule has 2 atom stereocenters. The number of nitrogens with one attached hydrogen (secondary N) is 2. The summed E-state index contributed by atoms with van der Waals surface area (Å²) in [7, 11) is 1.83. The first kappa shape index (κ1) is 12.1. The minimum atomic E-state index is -0.131. The highest BCUT2D eigenvalue weighted by Crippen LogP contribution is 2.13. The number of amides is 1. The van der Waals surface area contributed by atoms with Crippen molar-refractivity contribution in [1.82, 2.24) is 15.8 Å². The predicted octanol–water partition coefficient (Wildman–Crippen LogP) is -0.166. The maximum atomic E-state index is 11.9. The first-order valence-corrected chi connectivity index (χ1v) is 5.65. The summed E-state index contributed by atoms with van der Waals surface area (Å²) >= 11 is 0. The molecule has 2 heterocycles. The Labute approximate surface area is 99.7 Å². The summed E-state index contributed by atoms with van der Waals surface area (Å²) in [6.07, 6.45) is 0. The largest absolute Gasteiger partial charge is 0.379 e. The zero-order valence-corrected chi connectivity index (χ0v) is 10.0. The highest BCUT2D eigenvalue weighted by atomic mass is 16.5. The van der Waals surface area contributed by atoms with Gasteiger partial charge in [-0.05, 0) is 14.0 Å². The molecule has 2 unspecified atom stereocenters. The van der Waals surface area contributed by atoms with Crippen LogP contribution >= 0.6 is 0 Å². The van der Waals surface area contributed by atoms with Crippen molar-refractivity contribution < 1.29 is 14.1 Å². The number of hydrogen-bond acceptors (Lipinski definition) is 5. The second kappa shape index (κ2) is 5.29. The minimum Gasteiger partial charge on any atom is -0.379 e. The molecule has 94 valence electrons. The van der Waals surface area contributed by atoms with Crippen LogP contribution in [0.3, 0.4) is 0 Å². The number of hydrogen-bond donors (Lipinski definition) is 2. The average molecular weight is 239 g/mol. The smallest absolute Gasteiger partial charge is 0.227 e. The molecule has 1 amide bonds. The summed E-state index contributed by atoms with van der Waals surface area (Å²) in [6, 6.07) is 1.90. The van der Waals surface area contributed by atoms with Gasteiger partial charge >= 0.3 is 0 Å². The van der Waals surface area contributed by atoms with Gasteiger partial charge in [-0.1, -0.05) is 5.16 Å². The summed E-state index contributed by atoms with van der Waals surface area (Å²) < 4.78 is 10.2. The van der Waals surface area contributed by atoms with E-state index in [1.807, 2.05) is 14.0 Å². The van der Waals surface area contributed by atoms with Crippen molar-refractivity contribution >= 4 is 5.91 Å². The minimum absolute atomic E-state index is 0.0116. The van der Waals surface area contributed by atoms with Crippen molar-refractivity contribution in [2.75, 3.05) is 20.3 Å². The van der Waals surface area contributed by atoms with Crippen molar-refractivity contribution in [1.29, 1.82) is 0 Å². The van der Waals surface area contributed by atoms with Crippen LogP contribution in [0.5, 0.6) is 0 Å². The van der Waals surface area contributed by atoms with Gasteiger partial charge in [0.25, 0.3) is 0 Å². The zero-order valence-electron chi connectivity index (χ0n) is 10.0. The summed E-state index contributed by atoms with van der Waals surface area (Å²) in [5.74, 6) is 0.599. The van der Waals surface area contributed by atoms with Crippen molar-refractivity contribution in [2.24, 2.45) is 5.92 Å². The van der Waals surface area contributed by atoms with E-state index in [-0.39, 0.29) is 17.9 Å². The lowest BCUT2D eigenvalue weighted by Crippen LogP contribution is -2.42. The first-order valence-electron chi connectivity index (χ1n) is 5.65. The maximum absolute atomic E-state index is 11.9. The standard InChI is InChI=1S/C11H17N3O3/c1-7-3-8(14-17-7)4-13-11(15)9-5-16-6-10(9)12-2/h3,9-10,12H,4-6H2,1-2H3,(H,13,15). The molecule has 1 aliphatic heterocycles. The van der Waals surface area contributed by atoms with Gasteiger partial charge in [0, 0.05) is 12.1 Å². The van der Waals surface area contributed by atoms with Crippen LogP contribution in [0.4, 0.5) is 0 Å². The van der Waals surface area contributed by atoms with Gasteiger partial charge in [-0.25, -0.2) is 0 Å². The van der Waals surface area contributed by atoms with E-state index < -0.39 is 0 Å². The van der Waals surface area contributed by atoms with E-state index in [9.17, 15) is 4.79 Å². The third-order valence-electron chi connectivity index (χ3n) is 2.91. The van der Waals surface area contributed by atoms with Crippen molar-refractivity contribution in [3.8, 4) is 0 Å². The van der Waals surface area contributed by atoms with Gasteiger partial charge in [0.2, 0.25) is 5.91 Å². The maximum Gasteiger partial charge on any atom is 0.227 e. The number of rotatable bonds is 4. The summed E-state index contributed by atoms with van der Waals surface area (Å²) in [6.45, 7) is 3.26. The lowest BCUT2D eigenvalue weighted by molar-refractivity contribution is -0.125. The average Bonchev–Trinajstić information content (AvgIpc) is 2.94. The first-order chi connectivity index (χ1) is 8.20. The summed E-state index contributed by atoms with van der Waals surface area (Å²) in [4.78, 5) is 11.9. The molecule has 0 spiro atoms. The molecule has 6 nitrogen and oxygen atoms in total. The fourth-order valence-electron chi connectivity index (χ4n) is 1.91. The van der Waals surface area contributed by atoms with Gasteiger partial charge in [-0.2, -0.15) is 0 Å². The molecule has 1 aliphatic rings. The molecular weight excluding hydrogens is 222 g/mol. The van der Waals surface area contributed by atoms with E-state index in [2.05, 4.69) is 15.8 Å². The molecule has 2 rings (SSSR count). The number of aryl methyl sites for hydroxylation is 1. The highest BCUT2D eigenvalue weighted by molar-refractivity contribution is 5.79. The molecule has 17 heavy (non-hydrogen) atoms. The van der Waals surface area contributed by atoms with Gasteiger partial charge < -0.3 is 19.9 Å². The zero-order chi connectivity index (χ0) is 12.3. The molecule has 0 radical (unpaired) electrons. The van der Waals surface area contributed by atoms with Crippen LogP contribution in [-0.4, -0.2) is 37.4 Å². The lowest BCUT2D eigenvalue weighted by Gasteiger charge is -2.15. The van der Waals surface area contributed by atoms with Crippen LogP contribution in [0.2, 0.25) is 0 Å². The summed E-state index contributed by atoms with van der Waals surface area (Å²) in [5, 5.41) is 9.73. The fourth-order valence-corrected chi connectivity index (χ4v) is 1.91. The van der Waals surface area contributed by atoms with Gasteiger partial charge in [0.05, 0.1) is 25.7 Å². The quantitative estimate of drug-likeness (QED) is 0.763. The van der Waals surface area contributed by atoms with E-state index in [1.54, 1.807) is 6.07 Å². The Kier molecular flexibility index (Phi) is 3.75. The van der Waals surface area contributed by atoms with E-state index >= 15 is 0 Å². The van der Waals surface area contributed by atoms with Gasteiger partial charge in [0.15, 0.2) is 0 Å². The Bertz CT molecular complexity index is 391. The topological polar surface area (TPSA) is 76.4 Å². The Hall–Kier alpha value is -1.40. The Balaban J connectivity index is 1.84. The molecule has 0 bridgehead atoms. The summed E-state index contributed by atoms with van der Waals surface area (Å²) in [5.41, 5.74) is 0.732. The van der Waals surface area contributed by atoms with Crippen LogP contribution in [-0.2, 0) is 16.1 Å². The second-order valence-electron chi connectivity index (χ2n) is 4.19. The van der Waals surface area contributed by atoms with Crippen LogP contribution in [0.25, 0.3) is 0 Å². The number of carbonyl (C=O) groups excluding carboxylic acids is 1. The van der Waals surface area contributed by atoms with Crippen LogP contribution < -0.4 is 10.6 Å². The van der Waals surface area contributed by atoms with E-state index in [0.29, 0.717) is 19.8 Å². The lowest BCUT2D eigenvalue weighted by atomic mass is 10.0. The fraction of sp³-hybridized carbons (Fsp3) is 0.636. The van der Waals surface area contributed by atoms with Crippen LogP contribution in [0.1, 0.15) is 11.5 Å². The van der Waals surface area contributed by atoms with Crippen LogP contribution in [0.15, 0.2) is 10.6 Å². The molecule has 1 saturated heterocycles. The predicted molar refractivity (Wildman–Crippen MR) is 60.2 cm³/mol. The van der Waals surface area contributed by atoms with Gasteiger partial charge in [-0.15, -0.1) is 0 Å². The number of aromatic nitrogens is 1. The van der Waals surface area contributed by atoms with Crippen LogP contribution in [0, 0.1) is 12.8 Å². The van der Waals surface area contributed by atoms with Crippen molar-refractivity contribution in [2.45, 2.75) is 19.5 Å². The number of carbonyl (C=O) groups is 1. The van der Waals surface area contributed by atoms with Crippen molar-refractivity contribution in [3.63, 3.8) is 0 Å². The van der Waals surface area contributed by atoms with Gasteiger partial charge in [0.1, 0.15) is 11.5 Å².